The molecule has 1 fully saturated rings. The number of hydrogen-bond acceptors (Lipinski definition) is 8. The molecule has 1 heterocycles. The minimum atomic E-state index is -1.67. The second-order valence-electron chi connectivity index (χ2n) is 4.41. The lowest BCUT2D eigenvalue weighted by atomic mass is 10.0. The molecule has 0 aromatic rings. The lowest BCUT2D eigenvalue weighted by Crippen LogP contribution is -2.47. The Hall–Kier alpha value is -0.420. The number of aliphatic hydroxyl groups excluding tert-OH is 5. The molecule has 0 bridgehead atoms. The third-order valence-electron chi connectivity index (χ3n) is 2.93. The van der Waals surface area contributed by atoms with Gasteiger partial charge in [0.1, 0.15) is 24.4 Å². The minimum Gasteiger partial charge on any atom is -0.480 e. The van der Waals surface area contributed by atoms with Crippen molar-refractivity contribution in [3.63, 3.8) is 0 Å². The van der Waals surface area contributed by atoms with E-state index in [1.54, 1.807) is 0 Å². The molecule has 1 aliphatic rings. The molecule has 19 heavy (non-hydrogen) atoms. The summed E-state index contributed by atoms with van der Waals surface area (Å²) in [5.74, 6) is -0.634. The van der Waals surface area contributed by atoms with Gasteiger partial charge in [0.05, 0.1) is 18.1 Å². The molecule has 1 saturated heterocycles. The lowest BCUT2D eigenvalue weighted by Gasteiger charge is -2.27. The van der Waals surface area contributed by atoms with E-state index in [9.17, 15) is 20.1 Å². The zero-order chi connectivity index (χ0) is 14.6. The van der Waals surface area contributed by atoms with Crippen molar-refractivity contribution in [3.8, 4) is 0 Å². The van der Waals surface area contributed by atoms with Gasteiger partial charge in [-0.2, -0.15) is 0 Å². The lowest BCUT2D eigenvalue weighted by molar-refractivity contribution is -0.138. The Balaban J connectivity index is 2.42. The van der Waals surface area contributed by atoms with E-state index in [0.29, 0.717) is 5.75 Å². The molecule has 1 aliphatic heterocycles. The molecule has 1 unspecified atom stereocenters. The summed E-state index contributed by atoms with van der Waals surface area (Å²) in [5.41, 5.74) is 0. The Bertz CT molecular complexity index is 306. The number of nitrogens with one attached hydrogen (secondary N) is 1. The summed E-state index contributed by atoms with van der Waals surface area (Å²) in [7, 11) is 0. The van der Waals surface area contributed by atoms with Crippen molar-refractivity contribution in [1.82, 2.24) is 5.32 Å². The number of aliphatic carboxylic acids is 1. The highest BCUT2D eigenvalue weighted by atomic mass is 32.2. The molecule has 7 N–H and O–H groups in total. The first-order chi connectivity index (χ1) is 8.86. The number of hydrogen-bond donors (Lipinski definition) is 7. The average molecular weight is 297 g/mol. The van der Waals surface area contributed by atoms with Crippen molar-refractivity contribution >= 4 is 17.7 Å². The van der Waals surface area contributed by atoms with E-state index in [1.807, 2.05) is 0 Å². The van der Waals surface area contributed by atoms with E-state index in [2.05, 4.69) is 5.32 Å². The van der Waals surface area contributed by atoms with Gasteiger partial charge < -0.3 is 30.6 Å². The van der Waals surface area contributed by atoms with Crippen LogP contribution in [0.25, 0.3) is 0 Å². The van der Waals surface area contributed by atoms with Gasteiger partial charge in [-0.15, -0.1) is 11.8 Å². The highest BCUT2D eigenvalue weighted by Crippen LogP contribution is 2.24. The summed E-state index contributed by atoms with van der Waals surface area (Å²) in [6, 6.07) is -0.702. The quantitative estimate of drug-likeness (QED) is 0.259. The smallest absolute Gasteiger partial charge is 0.321 e. The molecule has 0 saturated carbocycles. The number of carbonyl (C=O) groups is 1. The molecular formula is C10H19NO7S. The van der Waals surface area contributed by atoms with Crippen LogP contribution in [-0.4, -0.2) is 84.8 Å². The molecule has 0 amide bonds. The maximum Gasteiger partial charge on any atom is 0.321 e. The van der Waals surface area contributed by atoms with E-state index in [4.69, 9.17) is 15.3 Å². The topological polar surface area (TPSA) is 150 Å². The number of rotatable bonds is 7. The molecule has 0 aromatic heterocycles. The summed E-state index contributed by atoms with van der Waals surface area (Å²) >= 11 is 1.29. The van der Waals surface area contributed by atoms with E-state index in [-0.39, 0.29) is 11.8 Å². The Labute approximate surface area is 114 Å². The molecular weight excluding hydrogens is 278 g/mol. The van der Waals surface area contributed by atoms with E-state index in [0.717, 1.165) is 0 Å². The number of carboxylic acid groups (broad SMARTS) is 1. The van der Waals surface area contributed by atoms with Gasteiger partial charge >= 0.3 is 5.97 Å². The van der Waals surface area contributed by atoms with Gasteiger partial charge in [-0.1, -0.05) is 0 Å². The van der Waals surface area contributed by atoms with E-state index >= 15 is 0 Å². The summed E-state index contributed by atoms with van der Waals surface area (Å²) in [4.78, 5) is 10.7. The fourth-order valence-electron chi connectivity index (χ4n) is 1.73. The van der Waals surface area contributed by atoms with Gasteiger partial charge in [0.15, 0.2) is 0 Å². The van der Waals surface area contributed by atoms with E-state index in [1.165, 1.54) is 11.8 Å². The molecule has 0 spiro atoms. The van der Waals surface area contributed by atoms with Crippen LogP contribution in [0.2, 0.25) is 0 Å². The average Bonchev–Trinajstić information content (AvgIpc) is 2.84. The molecule has 112 valence electrons. The van der Waals surface area contributed by atoms with Gasteiger partial charge in [0.2, 0.25) is 0 Å². The predicted octanol–water partition coefficient (Wildman–Crippen LogP) is -3.07. The standard InChI is InChI=1S/C10H19NO7S/c12-2-6(14)9(16)8(15)5(13)1-7-11-4(3-19-7)10(17)18/h4-9,11-16H,1-3H2,(H,17,18)/t4-,5-,6+,7?,8+,9-/m0/s1. The van der Waals surface area contributed by atoms with Crippen LogP contribution in [0.5, 0.6) is 0 Å². The Morgan fingerprint density at radius 3 is 2.26 bits per heavy atom. The van der Waals surface area contributed by atoms with Crippen LogP contribution < -0.4 is 5.32 Å². The molecule has 1 rings (SSSR count). The van der Waals surface area contributed by atoms with Gasteiger partial charge in [-0.3, -0.25) is 10.1 Å². The van der Waals surface area contributed by atoms with Crippen LogP contribution in [-0.2, 0) is 4.79 Å². The van der Waals surface area contributed by atoms with Crippen molar-refractivity contribution in [2.24, 2.45) is 0 Å². The van der Waals surface area contributed by atoms with Crippen LogP contribution in [0.4, 0.5) is 0 Å². The summed E-state index contributed by atoms with van der Waals surface area (Å²) in [6.45, 7) is -0.734. The monoisotopic (exact) mass is 297 g/mol. The van der Waals surface area contributed by atoms with Crippen molar-refractivity contribution in [3.05, 3.63) is 0 Å². The number of carboxylic acids is 1. The zero-order valence-corrected chi connectivity index (χ0v) is 10.9. The third-order valence-corrected chi connectivity index (χ3v) is 4.19. The molecule has 6 atom stereocenters. The number of thioether (sulfide) groups is 1. The van der Waals surface area contributed by atoms with Crippen molar-refractivity contribution < 1.29 is 35.4 Å². The second-order valence-corrected chi connectivity index (χ2v) is 5.65. The summed E-state index contributed by atoms with van der Waals surface area (Å²) in [6.07, 6.45) is -6.14. The van der Waals surface area contributed by atoms with Gasteiger partial charge in [-0.25, -0.2) is 0 Å². The van der Waals surface area contributed by atoms with Gasteiger partial charge in [0.25, 0.3) is 0 Å². The molecule has 0 aliphatic carbocycles. The maximum atomic E-state index is 10.7. The third kappa shape index (κ3) is 4.56. The first kappa shape index (κ1) is 16.6. The van der Waals surface area contributed by atoms with Crippen LogP contribution in [0.3, 0.4) is 0 Å². The van der Waals surface area contributed by atoms with Crippen molar-refractivity contribution in [2.45, 2.75) is 42.3 Å². The Morgan fingerprint density at radius 1 is 1.21 bits per heavy atom. The fraction of sp³-hybridized carbons (Fsp3) is 0.900. The molecule has 9 heteroatoms. The number of aliphatic hydroxyl groups is 5. The maximum absolute atomic E-state index is 10.7. The molecule has 0 radical (unpaired) electrons. The minimum absolute atomic E-state index is 0.0187. The van der Waals surface area contributed by atoms with Crippen LogP contribution in [0.15, 0.2) is 0 Å². The normalized spacial score (nSPS) is 29.7. The largest absolute Gasteiger partial charge is 0.480 e. The van der Waals surface area contributed by atoms with Gasteiger partial charge in [-0.05, 0) is 0 Å². The first-order valence-electron chi connectivity index (χ1n) is 5.80. The molecule has 8 nitrogen and oxygen atoms in total. The van der Waals surface area contributed by atoms with Crippen molar-refractivity contribution in [1.29, 1.82) is 0 Å². The Morgan fingerprint density at radius 2 is 1.79 bits per heavy atom. The summed E-state index contributed by atoms with van der Waals surface area (Å²) < 4.78 is 0. The fourth-order valence-corrected chi connectivity index (χ4v) is 2.99. The Kier molecular flexibility index (Phi) is 6.47. The van der Waals surface area contributed by atoms with Crippen LogP contribution in [0.1, 0.15) is 6.42 Å². The highest BCUT2D eigenvalue weighted by Gasteiger charge is 2.35. The van der Waals surface area contributed by atoms with Gasteiger partial charge in [0, 0.05) is 12.2 Å². The first-order valence-corrected chi connectivity index (χ1v) is 6.85. The summed E-state index contributed by atoms with van der Waals surface area (Å²) in [5, 5.41) is 57.7. The zero-order valence-electron chi connectivity index (χ0n) is 10.1. The molecule has 0 aromatic carbocycles. The highest BCUT2D eigenvalue weighted by molar-refractivity contribution is 8.00. The second kappa shape index (κ2) is 7.39. The van der Waals surface area contributed by atoms with Crippen molar-refractivity contribution in [2.75, 3.05) is 12.4 Å². The SMILES string of the molecule is O=C(O)[C@@H]1CSC(C[C@H](O)[C@@H](O)[C@@H](O)[C@H](O)CO)N1. The van der Waals surface area contributed by atoms with Crippen LogP contribution >= 0.6 is 11.8 Å². The predicted molar refractivity (Wildman–Crippen MR) is 66.5 cm³/mol. The van der Waals surface area contributed by atoms with E-state index < -0.39 is 43.0 Å². The van der Waals surface area contributed by atoms with Crippen LogP contribution in [0, 0.1) is 0 Å².